The molecule has 35 heavy (non-hydrogen) atoms. The molecule has 0 radical (unpaired) electrons. The maximum absolute atomic E-state index is 14.3. The summed E-state index contributed by atoms with van der Waals surface area (Å²) in [5.41, 5.74) is 1.90. The van der Waals surface area contributed by atoms with Crippen molar-refractivity contribution in [1.29, 1.82) is 0 Å². The molecule has 1 aliphatic rings. The minimum Gasteiger partial charge on any atom is -0.490 e. The summed E-state index contributed by atoms with van der Waals surface area (Å²) in [6, 6.07) is 7.58. The first kappa shape index (κ1) is 24.9. The first-order valence-corrected chi connectivity index (χ1v) is 11.6. The third-order valence-electron chi connectivity index (χ3n) is 5.85. The SMILES string of the molecule is CCc1cc(OC(F)(F)C2CC2)c(C)cc1Nc1nc(=O)c(OC)cn1Cc1ccc(F)c(Cl)c1. The Morgan fingerprint density at radius 2 is 1.97 bits per heavy atom. The van der Waals surface area contributed by atoms with Gasteiger partial charge in [-0.2, -0.15) is 13.8 Å². The molecule has 1 heterocycles. The van der Waals surface area contributed by atoms with Gasteiger partial charge in [0, 0.05) is 5.69 Å². The summed E-state index contributed by atoms with van der Waals surface area (Å²) in [6.45, 7) is 3.77. The fourth-order valence-electron chi connectivity index (χ4n) is 3.69. The molecule has 1 aromatic heterocycles. The van der Waals surface area contributed by atoms with Crippen molar-refractivity contribution in [1.82, 2.24) is 9.55 Å². The van der Waals surface area contributed by atoms with Crippen LogP contribution in [0.3, 0.4) is 0 Å². The van der Waals surface area contributed by atoms with Crippen molar-refractivity contribution in [3.05, 3.63) is 74.4 Å². The van der Waals surface area contributed by atoms with Crippen LogP contribution in [0.2, 0.25) is 5.02 Å². The van der Waals surface area contributed by atoms with Crippen LogP contribution < -0.4 is 20.3 Å². The van der Waals surface area contributed by atoms with Gasteiger partial charge in [0.25, 0.3) is 0 Å². The van der Waals surface area contributed by atoms with Gasteiger partial charge in [0.05, 0.1) is 30.8 Å². The molecule has 0 saturated heterocycles. The summed E-state index contributed by atoms with van der Waals surface area (Å²) >= 11 is 5.92. The Morgan fingerprint density at radius 1 is 1.23 bits per heavy atom. The quantitative estimate of drug-likeness (QED) is 0.380. The number of halogens is 4. The van der Waals surface area contributed by atoms with E-state index in [4.69, 9.17) is 21.1 Å². The van der Waals surface area contributed by atoms with E-state index >= 15 is 0 Å². The molecule has 0 atom stereocenters. The Balaban J connectivity index is 1.69. The number of aryl methyl sites for hydroxylation is 2. The van der Waals surface area contributed by atoms with Crippen LogP contribution in [0.4, 0.5) is 24.8 Å². The molecular formula is C25H25ClF3N3O3. The molecule has 4 rings (SSSR count). The number of anilines is 2. The fourth-order valence-corrected chi connectivity index (χ4v) is 3.89. The summed E-state index contributed by atoms with van der Waals surface area (Å²) in [5, 5.41) is 3.12. The van der Waals surface area contributed by atoms with Gasteiger partial charge in [0.1, 0.15) is 11.6 Å². The van der Waals surface area contributed by atoms with Gasteiger partial charge in [-0.3, -0.25) is 4.79 Å². The molecule has 0 aliphatic heterocycles. The molecule has 6 nitrogen and oxygen atoms in total. The Bertz CT molecular complexity index is 1310. The average Bonchev–Trinajstić information content (AvgIpc) is 3.66. The monoisotopic (exact) mass is 507 g/mol. The molecule has 1 saturated carbocycles. The van der Waals surface area contributed by atoms with Crippen LogP contribution >= 0.6 is 11.6 Å². The van der Waals surface area contributed by atoms with Crippen molar-refractivity contribution in [2.24, 2.45) is 5.92 Å². The zero-order valence-corrected chi connectivity index (χ0v) is 20.3. The van der Waals surface area contributed by atoms with E-state index in [2.05, 4.69) is 10.3 Å². The standard InChI is InChI=1S/C25H25ClF3N3O3/c1-4-16-11-21(35-25(28,29)17-6-7-17)14(2)9-20(16)30-24-31-23(33)22(34-3)13-32(24)12-15-5-8-19(27)18(26)10-15/h5,8-11,13,17H,4,6-7,12H2,1-3H3,(H,30,31,33). The Hall–Kier alpha value is -3.20. The minimum absolute atomic E-state index is 0.0274. The van der Waals surface area contributed by atoms with E-state index in [1.165, 1.54) is 25.4 Å². The van der Waals surface area contributed by atoms with E-state index in [1.807, 2.05) is 6.92 Å². The largest absolute Gasteiger partial charge is 0.490 e. The first-order chi connectivity index (χ1) is 16.6. The summed E-state index contributed by atoms with van der Waals surface area (Å²) < 4.78 is 54.0. The van der Waals surface area contributed by atoms with Crippen LogP contribution in [0, 0.1) is 18.7 Å². The molecule has 2 aromatic carbocycles. The van der Waals surface area contributed by atoms with Crippen LogP contribution in [0.5, 0.6) is 11.5 Å². The summed E-state index contributed by atoms with van der Waals surface area (Å²) in [4.78, 5) is 16.5. The van der Waals surface area contributed by atoms with E-state index in [9.17, 15) is 18.0 Å². The molecule has 0 unspecified atom stereocenters. The highest BCUT2D eigenvalue weighted by Gasteiger charge is 2.49. The number of hydrogen-bond acceptors (Lipinski definition) is 5. The fraction of sp³-hybridized carbons (Fsp3) is 0.360. The van der Waals surface area contributed by atoms with Crippen LogP contribution in [0.25, 0.3) is 0 Å². The van der Waals surface area contributed by atoms with Crippen molar-refractivity contribution in [2.75, 3.05) is 12.4 Å². The van der Waals surface area contributed by atoms with Crippen LogP contribution in [-0.4, -0.2) is 22.8 Å². The topological polar surface area (TPSA) is 65.4 Å². The number of alkyl halides is 2. The highest BCUT2D eigenvalue weighted by Crippen LogP contribution is 2.45. The second-order valence-electron chi connectivity index (χ2n) is 8.51. The summed E-state index contributed by atoms with van der Waals surface area (Å²) in [5.74, 6) is -0.945. The highest BCUT2D eigenvalue weighted by molar-refractivity contribution is 6.30. The van der Waals surface area contributed by atoms with Crippen molar-refractivity contribution >= 4 is 23.2 Å². The highest BCUT2D eigenvalue weighted by atomic mass is 35.5. The molecule has 0 amide bonds. The first-order valence-electron chi connectivity index (χ1n) is 11.2. The van der Waals surface area contributed by atoms with Crippen LogP contribution in [0.15, 0.2) is 41.3 Å². The molecule has 1 fully saturated rings. The van der Waals surface area contributed by atoms with Gasteiger partial charge in [-0.05, 0) is 67.1 Å². The van der Waals surface area contributed by atoms with E-state index < -0.39 is 23.4 Å². The lowest BCUT2D eigenvalue weighted by atomic mass is 10.1. The summed E-state index contributed by atoms with van der Waals surface area (Å²) in [6.07, 6.45) is -0.305. The number of aromatic nitrogens is 2. The molecular weight excluding hydrogens is 483 g/mol. The van der Waals surface area contributed by atoms with Gasteiger partial charge in [-0.25, -0.2) is 4.39 Å². The number of methoxy groups -OCH3 is 1. The lowest BCUT2D eigenvalue weighted by Crippen LogP contribution is -2.27. The molecule has 1 aliphatic carbocycles. The van der Waals surface area contributed by atoms with Gasteiger partial charge in [-0.1, -0.05) is 24.6 Å². The second kappa shape index (κ2) is 9.81. The normalized spacial score (nSPS) is 13.6. The predicted octanol–water partition coefficient (Wildman–Crippen LogP) is 6.09. The van der Waals surface area contributed by atoms with Crippen molar-refractivity contribution in [3.63, 3.8) is 0 Å². The molecule has 186 valence electrons. The number of rotatable bonds is 9. The number of ether oxygens (including phenoxy) is 2. The third-order valence-corrected chi connectivity index (χ3v) is 6.14. The molecule has 10 heteroatoms. The van der Waals surface area contributed by atoms with Crippen molar-refractivity contribution < 1.29 is 22.6 Å². The lowest BCUT2D eigenvalue weighted by Gasteiger charge is -2.22. The second-order valence-corrected chi connectivity index (χ2v) is 8.91. The van der Waals surface area contributed by atoms with Gasteiger partial charge in [0.15, 0.2) is 0 Å². The number of nitrogens with one attached hydrogen (secondary N) is 1. The number of hydrogen-bond donors (Lipinski definition) is 1. The number of nitrogens with zero attached hydrogens (tertiary/aromatic N) is 2. The Labute approximate surface area is 205 Å². The van der Waals surface area contributed by atoms with E-state index in [-0.39, 0.29) is 29.0 Å². The lowest BCUT2D eigenvalue weighted by molar-refractivity contribution is -0.192. The molecule has 0 spiro atoms. The zero-order chi connectivity index (χ0) is 25.3. The smallest absolute Gasteiger partial charge is 0.400 e. The van der Waals surface area contributed by atoms with Gasteiger partial charge in [0.2, 0.25) is 11.7 Å². The maximum Gasteiger partial charge on any atom is 0.400 e. The molecule has 3 aromatic rings. The summed E-state index contributed by atoms with van der Waals surface area (Å²) in [7, 11) is 1.36. The van der Waals surface area contributed by atoms with E-state index in [0.717, 1.165) is 0 Å². The van der Waals surface area contributed by atoms with Crippen LogP contribution in [-0.2, 0) is 13.0 Å². The van der Waals surface area contributed by atoms with Crippen molar-refractivity contribution in [2.45, 2.75) is 45.8 Å². The predicted molar refractivity (Wildman–Crippen MR) is 128 cm³/mol. The van der Waals surface area contributed by atoms with Gasteiger partial charge in [-0.15, -0.1) is 0 Å². The van der Waals surface area contributed by atoms with Crippen LogP contribution in [0.1, 0.15) is 36.5 Å². The third kappa shape index (κ3) is 5.56. The Morgan fingerprint density at radius 3 is 2.60 bits per heavy atom. The van der Waals surface area contributed by atoms with E-state index in [1.54, 1.807) is 29.7 Å². The molecule has 0 bridgehead atoms. The van der Waals surface area contributed by atoms with Crippen molar-refractivity contribution in [3.8, 4) is 11.5 Å². The van der Waals surface area contributed by atoms with Gasteiger partial charge >= 0.3 is 11.7 Å². The minimum atomic E-state index is -3.21. The average molecular weight is 508 g/mol. The van der Waals surface area contributed by atoms with E-state index in [0.29, 0.717) is 41.6 Å². The molecule has 1 N–H and O–H groups in total. The Kier molecular flexibility index (Phi) is 6.98. The number of benzene rings is 2. The maximum atomic E-state index is 14.3. The zero-order valence-electron chi connectivity index (χ0n) is 19.5. The van der Waals surface area contributed by atoms with Gasteiger partial charge < -0.3 is 19.4 Å².